The van der Waals surface area contributed by atoms with Gasteiger partial charge in [0.05, 0.1) is 0 Å². The molecule has 88 valence electrons. The van der Waals surface area contributed by atoms with Crippen LogP contribution in [0.15, 0.2) is 12.2 Å². The van der Waals surface area contributed by atoms with Crippen LogP contribution < -0.4 is 11.1 Å². The van der Waals surface area contributed by atoms with E-state index in [2.05, 4.69) is 32.7 Å². The molecular formula is C12H24N2S. The second-order valence-electron chi connectivity index (χ2n) is 5.63. The third-order valence-corrected chi connectivity index (χ3v) is 4.59. The highest BCUT2D eigenvalue weighted by Gasteiger charge is 2.39. The Morgan fingerprint density at radius 1 is 1.47 bits per heavy atom. The summed E-state index contributed by atoms with van der Waals surface area (Å²) in [5, 5.41) is 3.59. The summed E-state index contributed by atoms with van der Waals surface area (Å²) in [5.74, 6) is 2.36. The van der Waals surface area contributed by atoms with Crippen LogP contribution in [0.2, 0.25) is 0 Å². The highest BCUT2D eigenvalue weighted by molar-refractivity contribution is 7.99. The zero-order chi connectivity index (χ0) is 11.5. The fourth-order valence-electron chi connectivity index (χ4n) is 2.20. The van der Waals surface area contributed by atoms with Gasteiger partial charge >= 0.3 is 0 Å². The molecule has 15 heavy (non-hydrogen) atoms. The summed E-state index contributed by atoms with van der Waals surface area (Å²) in [6.45, 7) is 12.2. The highest BCUT2D eigenvalue weighted by Crippen LogP contribution is 2.38. The van der Waals surface area contributed by atoms with Gasteiger partial charge in [0.25, 0.3) is 0 Å². The Kier molecular flexibility index (Phi) is 4.27. The largest absolute Gasteiger partial charge is 0.329 e. The summed E-state index contributed by atoms with van der Waals surface area (Å²) in [4.78, 5) is 0. The summed E-state index contributed by atoms with van der Waals surface area (Å²) in [7, 11) is 0. The van der Waals surface area contributed by atoms with E-state index >= 15 is 0 Å². The van der Waals surface area contributed by atoms with Crippen molar-refractivity contribution in [3.05, 3.63) is 12.2 Å². The molecule has 0 aromatic heterocycles. The lowest BCUT2D eigenvalue weighted by atomic mass is 9.79. The molecule has 0 aliphatic carbocycles. The molecule has 1 saturated heterocycles. The Morgan fingerprint density at radius 3 is 2.60 bits per heavy atom. The van der Waals surface area contributed by atoms with Crippen LogP contribution in [0.1, 0.15) is 27.2 Å². The lowest BCUT2D eigenvalue weighted by Gasteiger charge is -2.44. The normalized spacial score (nSPS) is 30.1. The number of rotatable bonds is 4. The van der Waals surface area contributed by atoms with Crippen molar-refractivity contribution in [1.82, 2.24) is 5.32 Å². The zero-order valence-corrected chi connectivity index (χ0v) is 11.0. The van der Waals surface area contributed by atoms with E-state index in [1.165, 1.54) is 11.3 Å². The molecule has 1 unspecified atom stereocenters. The van der Waals surface area contributed by atoms with Gasteiger partial charge < -0.3 is 11.1 Å². The SMILES string of the molecule is C=C(C)CNC1(CN)CSCC(C)(C)C1. The van der Waals surface area contributed by atoms with Crippen molar-refractivity contribution >= 4 is 11.8 Å². The van der Waals surface area contributed by atoms with Gasteiger partial charge in [-0.15, -0.1) is 0 Å². The topological polar surface area (TPSA) is 38.0 Å². The number of nitrogens with one attached hydrogen (secondary N) is 1. The first kappa shape index (κ1) is 13.1. The minimum Gasteiger partial charge on any atom is -0.329 e. The maximum absolute atomic E-state index is 5.94. The lowest BCUT2D eigenvalue weighted by Crippen LogP contribution is -2.58. The van der Waals surface area contributed by atoms with Crippen molar-refractivity contribution in [3.8, 4) is 0 Å². The molecule has 0 spiro atoms. The first-order valence-electron chi connectivity index (χ1n) is 5.56. The van der Waals surface area contributed by atoms with Gasteiger partial charge in [-0.25, -0.2) is 0 Å². The van der Waals surface area contributed by atoms with E-state index in [9.17, 15) is 0 Å². The van der Waals surface area contributed by atoms with Gasteiger partial charge in [-0.2, -0.15) is 11.8 Å². The van der Waals surface area contributed by atoms with Crippen molar-refractivity contribution < 1.29 is 0 Å². The average molecular weight is 228 g/mol. The van der Waals surface area contributed by atoms with Gasteiger partial charge in [0, 0.05) is 24.4 Å². The van der Waals surface area contributed by atoms with E-state index in [1.807, 2.05) is 11.8 Å². The third-order valence-electron chi connectivity index (χ3n) is 2.84. The number of hydrogen-bond acceptors (Lipinski definition) is 3. The predicted octanol–water partition coefficient (Wildman–Crippen LogP) is 2.01. The smallest absolute Gasteiger partial charge is 0.0403 e. The van der Waals surface area contributed by atoms with Crippen molar-refractivity contribution in [3.63, 3.8) is 0 Å². The van der Waals surface area contributed by atoms with Crippen molar-refractivity contribution in [2.75, 3.05) is 24.6 Å². The van der Waals surface area contributed by atoms with Crippen LogP contribution in [0.5, 0.6) is 0 Å². The van der Waals surface area contributed by atoms with E-state index in [-0.39, 0.29) is 5.54 Å². The molecule has 1 heterocycles. The Morgan fingerprint density at radius 2 is 2.13 bits per heavy atom. The minimum atomic E-state index is 0.116. The standard InChI is InChI=1S/C12H24N2S/c1-10(2)5-14-12(7-13)6-11(3,4)8-15-9-12/h14H,1,5-9,13H2,2-4H3. The van der Waals surface area contributed by atoms with Crippen LogP contribution in [0, 0.1) is 5.41 Å². The molecular weight excluding hydrogens is 204 g/mol. The second-order valence-corrected chi connectivity index (χ2v) is 6.61. The first-order chi connectivity index (χ1) is 6.89. The van der Waals surface area contributed by atoms with Gasteiger partial charge in [0.2, 0.25) is 0 Å². The van der Waals surface area contributed by atoms with Crippen molar-refractivity contribution in [2.45, 2.75) is 32.7 Å². The second kappa shape index (κ2) is 4.89. The molecule has 0 radical (unpaired) electrons. The molecule has 1 aliphatic heterocycles. The Bertz CT molecular complexity index is 238. The third kappa shape index (κ3) is 3.82. The minimum absolute atomic E-state index is 0.116. The predicted molar refractivity (Wildman–Crippen MR) is 70.3 cm³/mol. The van der Waals surface area contributed by atoms with Gasteiger partial charge in [-0.3, -0.25) is 0 Å². The van der Waals surface area contributed by atoms with Crippen LogP contribution in [-0.2, 0) is 0 Å². The molecule has 1 rings (SSSR count). The average Bonchev–Trinajstić information content (AvgIpc) is 2.13. The molecule has 2 nitrogen and oxygen atoms in total. The van der Waals surface area contributed by atoms with E-state index in [0.29, 0.717) is 5.41 Å². The van der Waals surface area contributed by atoms with Gasteiger partial charge in [0.15, 0.2) is 0 Å². The van der Waals surface area contributed by atoms with E-state index in [4.69, 9.17) is 5.73 Å². The Labute approximate surface area is 98.1 Å². The maximum atomic E-state index is 5.94. The fraction of sp³-hybridized carbons (Fsp3) is 0.833. The molecule has 0 saturated carbocycles. The monoisotopic (exact) mass is 228 g/mol. The Balaban J connectivity index is 2.62. The summed E-state index contributed by atoms with van der Waals surface area (Å²) in [6, 6.07) is 0. The summed E-state index contributed by atoms with van der Waals surface area (Å²) < 4.78 is 0. The molecule has 0 aromatic rings. The maximum Gasteiger partial charge on any atom is 0.0403 e. The van der Waals surface area contributed by atoms with E-state index < -0.39 is 0 Å². The number of nitrogens with two attached hydrogens (primary N) is 1. The fourth-order valence-corrected chi connectivity index (χ4v) is 3.67. The Hall–Kier alpha value is 0.0100. The zero-order valence-electron chi connectivity index (χ0n) is 10.2. The van der Waals surface area contributed by atoms with Crippen LogP contribution in [0.25, 0.3) is 0 Å². The molecule has 1 atom stereocenters. The molecule has 3 N–H and O–H groups in total. The van der Waals surface area contributed by atoms with Crippen LogP contribution in [0.4, 0.5) is 0 Å². The quantitative estimate of drug-likeness (QED) is 0.723. The molecule has 0 amide bonds. The van der Waals surface area contributed by atoms with Crippen molar-refractivity contribution in [2.24, 2.45) is 11.1 Å². The summed E-state index contributed by atoms with van der Waals surface area (Å²) in [5.41, 5.74) is 7.63. The lowest BCUT2D eigenvalue weighted by molar-refractivity contribution is 0.233. The van der Waals surface area contributed by atoms with Gasteiger partial charge in [-0.1, -0.05) is 26.0 Å². The van der Waals surface area contributed by atoms with E-state index in [1.54, 1.807) is 0 Å². The van der Waals surface area contributed by atoms with Crippen molar-refractivity contribution in [1.29, 1.82) is 0 Å². The summed E-state index contributed by atoms with van der Waals surface area (Å²) in [6.07, 6.45) is 1.16. The molecule has 1 fully saturated rings. The van der Waals surface area contributed by atoms with Gasteiger partial charge in [-0.05, 0) is 24.5 Å². The van der Waals surface area contributed by atoms with Crippen LogP contribution >= 0.6 is 11.8 Å². The molecule has 0 bridgehead atoms. The first-order valence-corrected chi connectivity index (χ1v) is 6.72. The molecule has 0 aromatic carbocycles. The highest BCUT2D eigenvalue weighted by atomic mass is 32.2. The van der Waals surface area contributed by atoms with Crippen LogP contribution in [0.3, 0.4) is 0 Å². The molecule has 1 aliphatic rings. The molecule has 3 heteroatoms. The van der Waals surface area contributed by atoms with Crippen LogP contribution in [-0.4, -0.2) is 30.1 Å². The summed E-state index contributed by atoms with van der Waals surface area (Å²) >= 11 is 2.01. The number of hydrogen-bond donors (Lipinski definition) is 2. The number of thioether (sulfide) groups is 1. The van der Waals surface area contributed by atoms with E-state index in [0.717, 1.165) is 25.3 Å². The van der Waals surface area contributed by atoms with Gasteiger partial charge in [0.1, 0.15) is 0 Å².